The molecule has 2 saturated heterocycles. The Morgan fingerprint density at radius 3 is 2.71 bits per heavy atom. The Labute approximate surface area is 180 Å². The van der Waals surface area contributed by atoms with Crippen molar-refractivity contribution < 1.29 is 9.53 Å². The van der Waals surface area contributed by atoms with Crippen molar-refractivity contribution in [2.75, 3.05) is 26.2 Å². The maximum Gasteiger partial charge on any atom is 0.258 e. The zero-order chi connectivity index (χ0) is 21.4. The van der Waals surface area contributed by atoms with E-state index < -0.39 is 6.10 Å². The average Bonchev–Trinajstić information content (AvgIpc) is 2.78. The number of morpholine rings is 1. The molecule has 3 unspecified atom stereocenters. The number of benzene rings is 2. The highest BCUT2D eigenvalue weighted by molar-refractivity contribution is 5.82. The quantitative estimate of drug-likeness (QED) is 0.704. The monoisotopic (exact) mass is 418 g/mol. The Morgan fingerprint density at radius 2 is 1.90 bits per heavy atom. The summed E-state index contributed by atoms with van der Waals surface area (Å²) in [7, 11) is 0. The first-order chi connectivity index (χ1) is 15.1. The van der Waals surface area contributed by atoms with E-state index in [2.05, 4.69) is 33.9 Å². The van der Waals surface area contributed by atoms with E-state index in [1.165, 1.54) is 5.56 Å². The molecular weight excluding hydrogens is 392 g/mol. The van der Waals surface area contributed by atoms with E-state index in [-0.39, 0.29) is 17.5 Å². The van der Waals surface area contributed by atoms with Gasteiger partial charge in [0, 0.05) is 19.6 Å². The Balaban J connectivity index is 1.28. The third-order valence-corrected chi connectivity index (χ3v) is 6.24. The molecule has 3 heterocycles. The summed E-state index contributed by atoms with van der Waals surface area (Å²) in [5.74, 6) is 1.08. The second kappa shape index (κ2) is 8.24. The summed E-state index contributed by atoms with van der Waals surface area (Å²) in [5, 5.41) is 0.583. The Kier molecular flexibility index (Phi) is 5.29. The first-order valence-corrected chi connectivity index (χ1v) is 10.8. The predicted molar refractivity (Wildman–Crippen MR) is 117 cm³/mol. The van der Waals surface area contributed by atoms with Crippen LogP contribution in [-0.4, -0.2) is 58.0 Å². The molecule has 0 aliphatic carbocycles. The maximum absolute atomic E-state index is 13.2. The van der Waals surface area contributed by atoms with Crippen molar-refractivity contribution in [2.24, 2.45) is 5.92 Å². The smallest absolute Gasteiger partial charge is 0.258 e. The highest BCUT2D eigenvalue weighted by atomic mass is 16.5. The molecule has 2 fully saturated rings. The number of carbonyl (C=O) groups excluding carboxylic acids is 1. The summed E-state index contributed by atoms with van der Waals surface area (Å²) in [6, 6.07) is 17.6. The van der Waals surface area contributed by atoms with Crippen LogP contribution < -0.4 is 5.56 Å². The van der Waals surface area contributed by atoms with Gasteiger partial charge in [-0.25, -0.2) is 4.98 Å². The molecular formula is C24H26N4O3. The largest absolute Gasteiger partial charge is 0.366 e. The van der Waals surface area contributed by atoms with Gasteiger partial charge in [-0.3, -0.25) is 14.5 Å². The minimum absolute atomic E-state index is 0.0385. The van der Waals surface area contributed by atoms with Crippen molar-refractivity contribution >= 4 is 16.8 Å². The lowest BCUT2D eigenvalue weighted by Crippen LogP contribution is -2.58. The van der Waals surface area contributed by atoms with Gasteiger partial charge in [-0.05, 0) is 23.6 Å². The molecule has 1 aromatic heterocycles. The van der Waals surface area contributed by atoms with E-state index in [0.717, 1.165) is 6.54 Å². The Hall–Kier alpha value is -3.03. The Morgan fingerprint density at radius 1 is 1.13 bits per heavy atom. The molecule has 0 radical (unpaired) electrons. The molecule has 2 aliphatic heterocycles. The summed E-state index contributed by atoms with van der Waals surface area (Å²) in [5.41, 5.74) is 1.71. The number of carbonyl (C=O) groups is 1. The molecule has 7 nitrogen and oxygen atoms in total. The predicted octanol–water partition coefficient (Wildman–Crippen LogP) is 2.34. The van der Waals surface area contributed by atoms with E-state index in [0.29, 0.717) is 48.9 Å². The number of aromatic nitrogens is 2. The first kappa shape index (κ1) is 19.9. The van der Waals surface area contributed by atoms with Crippen molar-refractivity contribution in [3.05, 3.63) is 76.3 Å². The highest BCUT2D eigenvalue weighted by Crippen LogP contribution is 2.39. The van der Waals surface area contributed by atoms with Crippen molar-refractivity contribution in [2.45, 2.75) is 25.6 Å². The SMILES string of the molecule is CC1CN(C(=O)C2CN(Cc3nc4ccccc4c(=O)[nH]3)CCO2)C1c1ccccc1. The first-order valence-electron chi connectivity index (χ1n) is 10.8. The topological polar surface area (TPSA) is 78.5 Å². The fourth-order valence-corrected chi connectivity index (χ4v) is 4.68. The molecule has 0 bridgehead atoms. The highest BCUT2D eigenvalue weighted by Gasteiger charge is 2.43. The zero-order valence-corrected chi connectivity index (χ0v) is 17.5. The molecule has 7 heteroatoms. The molecule has 3 atom stereocenters. The van der Waals surface area contributed by atoms with Crippen molar-refractivity contribution in [3.8, 4) is 0 Å². The fourth-order valence-electron chi connectivity index (χ4n) is 4.68. The van der Waals surface area contributed by atoms with Crippen LogP contribution in [0.3, 0.4) is 0 Å². The molecule has 31 heavy (non-hydrogen) atoms. The van der Waals surface area contributed by atoms with Gasteiger partial charge in [0.2, 0.25) is 0 Å². The number of aromatic amines is 1. The number of hydrogen-bond donors (Lipinski definition) is 1. The van der Waals surface area contributed by atoms with Crippen molar-refractivity contribution in [1.29, 1.82) is 0 Å². The van der Waals surface area contributed by atoms with Gasteiger partial charge in [0.05, 0.1) is 30.1 Å². The van der Waals surface area contributed by atoms with Crippen LogP contribution in [0.2, 0.25) is 0 Å². The number of H-pyrrole nitrogens is 1. The molecule has 2 aromatic carbocycles. The minimum Gasteiger partial charge on any atom is -0.366 e. The maximum atomic E-state index is 13.2. The van der Waals surface area contributed by atoms with Gasteiger partial charge in [-0.15, -0.1) is 0 Å². The second-order valence-electron chi connectivity index (χ2n) is 8.45. The number of fused-ring (bicyclic) bond motifs is 1. The molecule has 0 saturated carbocycles. The van der Waals surface area contributed by atoms with Crippen LogP contribution in [0.25, 0.3) is 10.9 Å². The van der Waals surface area contributed by atoms with Crippen LogP contribution in [0, 0.1) is 5.92 Å². The number of hydrogen-bond acceptors (Lipinski definition) is 5. The number of likely N-dealkylation sites (tertiary alicyclic amines) is 1. The zero-order valence-electron chi connectivity index (χ0n) is 17.5. The third kappa shape index (κ3) is 3.86. The lowest BCUT2D eigenvalue weighted by atomic mass is 9.84. The number of nitrogens with one attached hydrogen (secondary N) is 1. The van der Waals surface area contributed by atoms with Gasteiger partial charge in [0.25, 0.3) is 11.5 Å². The summed E-state index contributed by atoms with van der Waals surface area (Å²) >= 11 is 0. The van der Waals surface area contributed by atoms with Crippen molar-refractivity contribution in [1.82, 2.24) is 19.8 Å². The molecule has 1 amide bonds. The van der Waals surface area contributed by atoms with E-state index in [1.807, 2.05) is 41.3 Å². The number of nitrogens with zero attached hydrogens (tertiary/aromatic N) is 3. The van der Waals surface area contributed by atoms with E-state index >= 15 is 0 Å². The molecule has 0 spiro atoms. The number of amides is 1. The number of para-hydroxylation sites is 1. The normalized spacial score (nSPS) is 24.2. The number of ether oxygens (including phenoxy) is 1. The molecule has 1 N–H and O–H groups in total. The van der Waals surface area contributed by atoms with E-state index in [1.54, 1.807) is 6.07 Å². The molecule has 160 valence electrons. The van der Waals surface area contributed by atoms with E-state index in [4.69, 9.17) is 4.74 Å². The van der Waals surface area contributed by atoms with Gasteiger partial charge in [0.15, 0.2) is 0 Å². The molecule has 2 aliphatic rings. The summed E-state index contributed by atoms with van der Waals surface area (Å²) < 4.78 is 5.85. The fraction of sp³-hybridized carbons (Fsp3) is 0.375. The minimum atomic E-state index is -0.500. The van der Waals surface area contributed by atoms with Gasteiger partial charge in [-0.1, -0.05) is 49.4 Å². The molecule has 5 rings (SSSR count). The van der Waals surface area contributed by atoms with Gasteiger partial charge in [0.1, 0.15) is 11.9 Å². The van der Waals surface area contributed by atoms with Crippen LogP contribution in [-0.2, 0) is 16.1 Å². The summed E-state index contributed by atoms with van der Waals surface area (Å²) in [6.45, 7) is 5.06. The number of rotatable bonds is 4. The third-order valence-electron chi connectivity index (χ3n) is 6.24. The van der Waals surface area contributed by atoms with Crippen LogP contribution >= 0.6 is 0 Å². The molecule has 3 aromatic rings. The van der Waals surface area contributed by atoms with Crippen LogP contribution in [0.5, 0.6) is 0 Å². The van der Waals surface area contributed by atoms with E-state index in [9.17, 15) is 9.59 Å². The lowest BCUT2D eigenvalue weighted by Gasteiger charge is -2.49. The van der Waals surface area contributed by atoms with Gasteiger partial charge >= 0.3 is 0 Å². The van der Waals surface area contributed by atoms with Crippen LogP contribution in [0.15, 0.2) is 59.4 Å². The summed E-state index contributed by atoms with van der Waals surface area (Å²) in [6.07, 6.45) is -0.500. The average molecular weight is 418 g/mol. The standard InChI is InChI=1S/C24H26N4O3/c1-16-13-28(22(16)17-7-3-2-4-8-17)24(30)20-14-27(11-12-31-20)15-21-25-19-10-6-5-9-18(19)23(29)26-21/h2-10,16,20,22H,11-15H2,1H3,(H,25,26,29). The Bertz CT molecular complexity index is 1150. The summed E-state index contributed by atoms with van der Waals surface area (Å²) in [4.78, 5) is 37.1. The van der Waals surface area contributed by atoms with Gasteiger partial charge in [-0.2, -0.15) is 0 Å². The van der Waals surface area contributed by atoms with Crippen molar-refractivity contribution in [3.63, 3.8) is 0 Å². The van der Waals surface area contributed by atoms with Crippen LogP contribution in [0.1, 0.15) is 24.4 Å². The second-order valence-corrected chi connectivity index (χ2v) is 8.45. The van der Waals surface area contributed by atoms with Crippen LogP contribution in [0.4, 0.5) is 0 Å². The lowest BCUT2D eigenvalue weighted by molar-refractivity contribution is -0.162. The van der Waals surface area contributed by atoms with Gasteiger partial charge < -0.3 is 14.6 Å².